The molecule has 0 spiro atoms. The Morgan fingerprint density at radius 1 is 0.793 bits per heavy atom. The second-order valence-electron chi connectivity index (χ2n) is 8.18. The lowest BCUT2D eigenvalue weighted by molar-refractivity contribution is 0.0468. The molecule has 0 radical (unpaired) electrons. The van der Waals surface area contributed by atoms with Crippen molar-refractivity contribution >= 4 is 28.3 Å². The number of unbranched alkanes of at least 4 members (excludes halogenated alkanes) is 11. The normalized spacial score (nSPS) is 12.3. The molecular weight excluding hydrogens is 398 g/mol. The minimum absolute atomic E-state index is 0.428. The zero-order chi connectivity index (χ0) is 21.6. The van der Waals surface area contributed by atoms with Gasteiger partial charge in [0.15, 0.2) is 0 Å². The van der Waals surface area contributed by atoms with Gasteiger partial charge < -0.3 is 14.7 Å². The maximum atomic E-state index is 10.2. The van der Waals surface area contributed by atoms with Gasteiger partial charge in [-0.15, -0.1) is 0 Å². The number of hydrogen-bond acceptors (Lipinski definition) is 4. The Kier molecular flexibility index (Phi) is 23.0. The van der Waals surface area contributed by atoms with E-state index in [0.29, 0.717) is 12.4 Å². The van der Waals surface area contributed by atoms with Crippen LogP contribution in [0.2, 0.25) is 0 Å². The van der Waals surface area contributed by atoms with Crippen LogP contribution in [-0.4, -0.2) is 52.5 Å². The lowest BCUT2D eigenvalue weighted by Gasteiger charge is -2.25. The Morgan fingerprint density at radius 2 is 1.28 bits per heavy atom. The first-order valence-electron chi connectivity index (χ1n) is 12.3. The Morgan fingerprint density at radius 3 is 1.79 bits per heavy atom. The molecule has 5 heteroatoms. The van der Waals surface area contributed by atoms with Crippen molar-refractivity contribution in [1.82, 2.24) is 4.90 Å². The quantitative estimate of drug-likeness (QED) is 0.148. The number of aliphatic hydroxyl groups excluding tert-OH is 1. The van der Waals surface area contributed by atoms with E-state index >= 15 is 0 Å². The van der Waals surface area contributed by atoms with Crippen LogP contribution in [0.25, 0.3) is 0 Å². The Labute approximate surface area is 191 Å². The molecule has 3 nitrogen and oxygen atoms in total. The van der Waals surface area contributed by atoms with E-state index in [1.54, 1.807) is 11.8 Å². The number of thiocarbonyl (C=S) groups is 1. The van der Waals surface area contributed by atoms with E-state index in [1.165, 1.54) is 83.5 Å². The Hall–Kier alpha value is 0.160. The van der Waals surface area contributed by atoms with Gasteiger partial charge in [-0.2, -0.15) is 0 Å². The molecule has 0 aromatic carbocycles. The number of hydrogen-bond donors (Lipinski definition) is 1. The van der Waals surface area contributed by atoms with E-state index < -0.39 is 6.10 Å². The van der Waals surface area contributed by atoms with Crippen LogP contribution in [0.4, 0.5) is 0 Å². The number of nitrogens with zero attached hydrogens (tertiary/aromatic N) is 1. The van der Waals surface area contributed by atoms with E-state index in [1.807, 2.05) is 0 Å². The Bertz CT molecular complexity index is 348. The summed E-state index contributed by atoms with van der Waals surface area (Å²) in [5, 5.41) is 10.2. The molecule has 0 aromatic rings. The van der Waals surface area contributed by atoms with Crippen molar-refractivity contribution in [2.75, 3.05) is 32.1 Å². The summed E-state index contributed by atoms with van der Waals surface area (Å²) in [6.45, 7) is 9.96. The summed E-state index contributed by atoms with van der Waals surface area (Å²) in [4.78, 5) is 2.31. The van der Waals surface area contributed by atoms with Gasteiger partial charge >= 0.3 is 0 Å². The summed E-state index contributed by atoms with van der Waals surface area (Å²) >= 11 is 7.20. The average molecular weight is 448 g/mol. The smallest absolute Gasteiger partial charge is 0.136 e. The summed E-state index contributed by atoms with van der Waals surface area (Å²) < 4.78 is 6.60. The fourth-order valence-corrected chi connectivity index (χ4v) is 4.39. The van der Waals surface area contributed by atoms with Gasteiger partial charge in [-0.1, -0.05) is 115 Å². The molecule has 0 saturated heterocycles. The molecule has 0 aromatic heterocycles. The van der Waals surface area contributed by atoms with Crippen LogP contribution in [0.15, 0.2) is 0 Å². The second kappa shape index (κ2) is 22.8. The van der Waals surface area contributed by atoms with Crippen LogP contribution in [0.3, 0.4) is 0 Å². The predicted octanol–water partition coefficient (Wildman–Crippen LogP) is 7.21. The van der Waals surface area contributed by atoms with Crippen molar-refractivity contribution < 1.29 is 9.84 Å². The molecule has 0 rings (SSSR count). The fraction of sp³-hybridized carbons (Fsp3) is 0.958. The molecule has 0 amide bonds. The average Bonchev–Trinajstić information content (AvgIpc) is 2.73. The monoisotopic (exact) mass is 447 g/mol. The highest BCUT2D eigenvalue weighted by Gasteiger charge is 2.12. The first-order valence-corrected chi connectivity index (χ1v) is 13.7. The third-order valence-corrected chi connectivity index (χ3v) is 6.84. The van der Waals surface area contributed by atoms with Gasteiger partial charge in [0.1, 0.15) is 4.32 Å². The van der Waals surface area contributed by atoms with Gasteiger partial charge in [0.2, 0.25) is 0 Å². The molecule has 1 unspecified atom stereocenters. The van der Waals surface area contributed by atoms with E-state index in [2.05, 4.69) is 25.7 Å². The van der Waals surface area contributed by atoms with E-state index in [-0.39, 0.29) is 0 Å². The molecule has 0 aliphatic rings. The number of thioether (sulfide) groups is 1. The highest BCUT2D eigenvalue weighted by Crippen LogP contribution is 2.14. The van der Waals surface area contributed by atoms with Gasteiger partial charge in [0.25, 0.3) is 0 Å². The first-order chi connectivity index (χ1) is 14.2. The predicted molar refractivity (Wildman–Crippen MR) is 135 cm³/mol. The van der Waals surface area contributed by atoms with Crippen molar-refractivity contribution in [3.63, 3.8) is 0 Å². The second-order valence-corrected chi connectivity index (χ2v) is 9.84. The molecular formula is C24H49NO2S2. The molecule has 0 aliphatic heterocycles. The van der Waals surface area contributed by atoms with Crippen LogP contribution in [0.5, 0.6) is 0 Å². The number of ether oxygens (including phenoxy) is 1. The minimum atomic E-state index is -0.430. The van der Waals surface area contributed by atoms with Crippen molar-refractivity contribution in [2.24, 2.45) is 0 Å². The number of aliphatic hydroxyl groups is 1. The van der Waals surface area contributed by atoms with Gasteiger partial charge in [0, 0.05) is 25.4 Å². The minimum Gasteiger partial charge on any atom is -0.390 e. The summed E-state index contributed by atoms with van der Waals surface area (Å²) in [7, 11) is 0. The molecule has 174 valence electrons. The molecule has 0 aliphatic carbocycles. The standard InChI is InChI=1S/C24H49NO2S2/c1-4-7-10-11-12-13-14-15-16-17-20-27-21-23(26)22-29-24(28)25(18-8-5-2)19-9-6-3/h23,26H,4-22H2,1-3H3. The van der Waals surface area contributed by atoms with Crippen molar-refractivity contribution in [2.45, 2.75) is 117 Å². The third-order valence-electron chi connectivity index (χ3n) is 5.17. The van der Waals surface area contributed by atoms with Crippen LogP contribution >= 0.6 is 24.0 Å². The third kappa shape index (κ3) is 19.8. The molecule has 0 bridgehead atoms. The largest absolute Gasteiger partial charge is 0.390 e. The molecule has 0 saturated carbocycles. The lowest BCUT2D eigenvalue weighted by Crippen LogP contribution is -2.31. The SMILES string of the molecule is CCCCCCCCCCCCOCC(O)CSC(=S)N(CCCC)CCCC. The number of rotatable bonds is 21. The van der Waals surface area contributed by atoms with Gasteiger partial charge in [-0.25, -0.2) is 0 Å². The highest BCUT2D eigenvalue weighted by atomic mass is 32.2. The van der Waals surface area contributed by atoms with Gasteiger partial charge in [-0.3, -0.25) is 0 Å². The maximum absolute atomic E-state index is 10.2. The summed E-state index contributed by atoms with van der Waals surface area (Å²) in [5.74, 6) is 0.631. The van der Waals surface area contributed by atoms with E-state index in [9.17, 15) is 5.11 Å². The van der Waals surface area contributed by atoms with Crippen LogP contribution in [0.1, 0.15) is 111 Å². The summed E-state index contributed by atoms with van der Waals surface area (Å²) in [5.41, 5.74) is 0. The zero-order valence-corrected chi connectivity index (χ0v) is 21.3. The van der Waals surface area contributed by atoms with Crippen molar-refractivity contribution in [1.29, 1.82) is 0 Å². The highest BCUT2D eigenvalue weighted by molar-refractivity contribution is 8.22. The molecule has 0 fully saturated rings. The van der Waals surface area contributed by atoms with Gasteiger partial charge in [0.05, 0.1) is 12.7 Å². The van der Waals surface area contributed by atoms with Gasteiger partial charge in [-0.05, 0) is 19.3 Å². The zero-order valence-electron chi connectivity index (χ0n) is 19.6. The lowest BCUT2D eigenvalue weighted by atomic mass is 10.1. The van der Waals surface area contributed by atoms with E-state index in [4.69, 9.17) is 17.0 Å². The van der Waals surface area contributed by atoms with Crippen molar-refractivity contribution in [3.8, 4) is 0 Å². The summed E-state index contributed by atoms with van der Waals surface area (Å²) in [6.07, 6.45) is 17.6. The maximum Gasteiger partial charge on any atom is 0.136 e. The van der Waals surface area contributed by atoms with Crippen LogP contribution in [-0.2, 0) is 4.74 Å². The van der Waals surface area contributed by atoms with Crippen molar-refractivity contribution in [3.05, 3.63) is 0 Å². The molecule has 0 heterocycles. The Balaban J connectivity index is 3.60. The summed E-state index contributed by atoms with van der Waals surface area (Å²) in [6, 6.07) is 0. The topological polar surface area (TPSA) is 32.7 Å². The molecule has 1 N–H and O–H groups in total. The fourth-order valence-electron chi connectivity index (χ4n) is 3.21. The van der Waals surface area contributed by atoms with Crippen LogP contribution < -0.4 is 0 Å². The molecule has 29 heavy (non-hydrogen) atoms. The first kappa shape index (κ1) is 29.2. The van der Waals surface area contributed by atoms with E-state index in [0.717, 1.165) is 30.4 Å². The van der Waals surface area contributed by atoms with Crippen LogP contribution in [0, 0.1) is 0 Å². The molecule has 1 atom stereocenters.